The number of nitrogens with zero attached hydrogens (tertiary/aromatic N) is 2. The molecule has 0 saturated carbocycles. The first-order chi connectivity index (χ1) is 7.13. The molecule has 15 heavy (non-hydrogen) atoms. The zero-order chi connectivity index (χ0) is 11.0. The maximum Gasteiger partial charge on any atom is 0.462 e. The number of aryl methyl sites for hydroxylation is 1. The van der Waals surface area contributed by atoms with Gasteiger partial charge >= 0.3 is 11.3 Å². The Morgan fingerprint density at radius 2 is 2.20 bits per heavy atom. The highest BCUT2D eigenvalue weighted by Crippen LogP contribution is 2.29. The molecule has 2 aromatic rings. The van der Waals surface area contributed by atoms with Crippen LogP contribution in [0.25, 0.3) is 15.9 Å². The van der Waals surface area contributed by atoms with Crippen molar-refractivity contribution in [2.24, 2.45) is 0 Å². The number of rotatable bonds is 0. The van der Waals surface area contributed by atoms with Crippen molar-refractivity contribution < 1.29 is 9.52 Å². The minimum absolute atomic E-state index is 0.197. The molecule has 1 aromatic carbocycles. The van der Waals surface area contributed by atoms with E-state index in [1.165, 1.54) is 6.07 Å². The highest BCUT2D eigenvalue weighted by molar-refractivity contribution is 5.88. The molecular formula is C10H6N2O3. The maximum atomic E-state index is 11.6. The van der Waals surface area contributed by atoms with Crippen LogP contribution in [-0.2, 0) is 0 Å². The van der Waals surface area contributed by atoms with E-state index < -0.39 is 17.1 Å². The molecule has 0 spiro atoms. The van der Waals surface area contributed by atoms with Crippen LogP contribution < -0.4 is 10.7 Å². The van der Waals surface area contributed by atoms with Crippen molar-refractivity contribution in [3.63, 3.8) is 0 Å². The normalized spacial score (nSPS) is 10.1. The highest BCUT2D eigenvalue weighted by atomic mass is 16.4. The van der Waals surface area contributed by atoms with Gasteiger partial charge in [-0.3, -0.25) is 0 Å². The molecule has 2 rings (SSSR count). The third-order valence-electron chi connectivity index (χ3n) is 2.09. The van der Waals surface area contributed by atoms with E-state index in [9.17, 15) is 9.90 Å². The van der Waals surface area contributed by atoms with E-state index in [1.807, 2.05) is 0 Å². The molecule has 0 aliphatic rings. The van der Waals surface area contributed by atoms with Crippen molar-refractivity contribution in [3.05, 3.63) is 39.2 Å². The molecule has 5 nitrogen and oxygen atoms in total. The van der Waals surface area contributed by atoms with Crippen LogP contribution in [0.2, 0.25) is 0 Å². The molecule has 0 fully saturated rings. The first-order valence-corrected chi connectivity index (χ1v) is 4.23. The van der Waals surface area contributed by atoms with E-state index in [0.29, 0.717) is 0 Å². The van der Waals surface area contributed by atoms with Gasteiger partial charge in [-0.2, -0.15) is 0 Å². The van der Waals surface area contributed by atoms with Crippen LogP contribution in [0.1, 0.15) is 5.56 Å². The highest BCUT2D eigenvalue weighted by Gasteiger charge is 2.18. The van der Waals surface area contributed by atoms with E-state index in [2.05, 4.69) is 4.98 Å². The van der Waals surface area contributed by atoms with E-state index in [1.54, 1.807) is 19.1 Å². The lowest BCUT2D eigenvalue weighted by Crippen LogP contribution is -2.03. The van der Waals surface area contributed by atoms with Gasteiger partial charge in [0.2, 0.25) is 5.39 Å². The van der Waals surface area contributed by atoms with Gasteiger partial charge in [0.15, 0.2) is 4.98 Å². The lowest BCUT2D eigenvalue weighted by atomic mass is 10.1. The molecule has 1 heterocycles. The largest absolute Gasteiger partial charge is 0.866 e. The number of fused-ring (bicyclic) bond motifs is 1. The second-order valence-corrected chi connectivity index (χ2v) is 3.17. The standard InChI is InChI=1S/C10H6N2O3/c1-5-2-3-7-6(4-5)9(13)8(12-11)10(14)15-7/h2-4H,1H3. The van der Waals surface area contributed by atoms with Gasteiger partial charge in [0, 0.05) is 11.1 Å². The third-order valence-corrected chi connectivity index (χ3v) is 2.09. The number of diazo groups is 1. The molecule has 0 atom stereocenters. The lowest BCUT2D eigenvalue weighted by Gasteiger charge is -2.05. The van der Waals surface area contributed by atoms with Gasteiger partial charge in [0.25, 0.3) is 0 Å². The minimum Gasteiger partial charge on any atom is -0.866 e. The first-order valence-electron chi connectivity index (χ1n) is 4.23. The Morgan fingerprint density at radius 1 is 1.47 bits per heavy atom. The average Bonchev–Trinajstić information content (AvgIpc) is 2.20. The summed E-state index contributed by atoms with van der Waals surface area (Å²) in [4.78, 5) is 13.8. The molecule has 0 aliphatic heterocycles. The second kappa shape index (κ2) is 3.10. The Morgan fingerprint density at radius 3 is 2.87 bits per heavy atom. The van der Waals surface area contributed by atoms with Crippen LogP contribution in [0.15, 0.2) is 27.4 Å². The van der Waals surface area contributed by atoms with Gasteiger partial charge in [0.05, 0.1) is 0 Å². The average molecular weight is 202 g/mol. The van der Waals surface area contributed by atoms with Crippen LogP contribution in [0.4, 0.5) is 5.69 Å². The van der Waals surface area contributed by atoms with E-state index >= 15 is 0 Å². The first kappa shape index (κ1) is 9.21. The van der Waals surface area contributed by atoms with Crippen LogP contribution in [0.3, 0.4) is 0 Å². The summed E-state index contributed by atoms with van der Waals surface area (Å²) in [5.41, 5.74) is -0.465. The Balaban J connectivity index is 3.00. The monoisotopic (exact) mass is 202 g/mol. The molecular weight excluding hydrogens is 196 g/mol. The van der Waals surface area contributed by atoms with Gasteiger partial charge in [0.1, 0.15) is 5.58 Å². The molecule has 0 aliphatic carbocycles. The predicted molar refractivity (Wildman–Crippen MR) is 51.4 cm³/mol. The summed E-state index contributed by atoms with van der Waals surface area (Å²) in [6.45, 7) is 1.81. The zero-order valence-corrected chi connectivity index (χ0v) is 7.85. The Hall–Kier alpha value is -2.35. The fraction of sp³-hybridized carbons (Fsp3) is 0.100. The van der Waals surface area contributed by atoms with Gasteiger partial charge in [-0.15, -0.1) is 0 Å². The van der Waals surface area contributed by atoms with E-state index in [0.717, 1.165) is 5.56 Å². The van der Waals surface area contributed by atoms with E-state index in [4.69, 9.17) is 9.81 Å². The molecule has 5 heteroatoms. The van der Waals surface area contributed by atoms with E-state index in [-0.39, 0.29) is 11.0 Å². The molecule has 74 valence electrons. The summed E-state index contributed by atoms with van der Waals surface area (Å²) in [5, 5.41) is 20.4. The molecule has 1 aromatic heterocycles. The summed E-state index contributed by atoms with van der Waals surface area (Å²) in [5.74, 6) is -0.618. The van der Waals surface area contributed by atoms with Crippen molar-refractivity contribution in [1.29, 1.82) is 5.39 Å². The van der Waals surface area contributed by atoms with Crippen molar-refractivity contribution in [2.45, 2.75) is 6.92 Å². The Kier molecular flexibility index (Phi) is 1.90. The van der Waals surface area contributed by atoms with Crippen LogP contribution in [0, 0.1) is 12.3 Å². The summed E-state index contributed by atoms with van der Waals surface area (Å²) in [6.07, 6.45) is 0. The lowest BCUT2D eigenvalue weighted by molar-refractivity contribution is -0.264. The van der Waals surface area contributed by atoms with Crippen LogP contribution in [-0.4, -0.2) is 0 Å². The fourth-order valence-electron chi connectivity index (χ4n) is 1.36. The molecule has 0 saturated heterocycles. The van der Waals surface area contributed by atoms with Crippen LogP contribution in [0.5, 0.6) is 5.75 Å². The van der Waals surface area contributed by atoms with Crippen molar-refractivity contribution in [2.75, 3.05) is 0 Å². The summed E-state index contributed by atoms with van der Waals surface area (Å²) in [6, 6.07) is 4.84. The van der Waals surface area contributed by atoms with Gasteiger partial charge in [-0.1, -0.05) is 11.6 Å². The summed E-state index contributed by atoms with van der Waals surface area (Å²) < 4.78 is 4.81. The van der Waals surface area contributed by atoms with Gasteiger partial charge in [-0.25, -0.2) is 4.79 Å². The van der Waals surface area contributed by atoms with Gasteiger partial charge in [-0.05, 0) is 19.1 Å². The third kappa shape index (κ3) is 1.32. The smallest absolute Gasteiger partial charge is 0.462 e. The number of hydrogen-bond donors (Lipinski definition) is 0. The molecule has 0 radical (unpaired) electrons. The number of benzene rings is 1. The maximum absolute atomic E-state index is 11.6. The topological polar surface area (TPSA) is 81.4 Å². The quantitative estimate of drug-likeness (QED) is 0.480. The minimum atomic E-state index is -0.932. The second-order valence-electron chi connectivity index (χ2n) is 3.17. The van der Waals surface area contributed by atoms with Crippen molar-refractivity contribution in [3.8, 4) is 5.75 Å². The predicted octanol–water partition coefficient (Wildman–Crippen LogP) is 1.66. The summed E-state index contributed by atoms with van der Waals surface area (Å²) >= 11 is 0. The van der Waals surface area contributed by atoms with Gasteiger partial charge < -0.3 is 9.52 Å². The molecule has 0 amide bonds. The molecule has 0 N–H and O–H groups in total. The van der Waals surface area contributed by atoms with Crippen LogP contribution >= 0.6 is 0 Å². The Bertz CT molecular complexity index is 637. The van der Waals surface area contributed by atoms with Crippen molar-refractivity contribution >= 4 is 16.7 Å². The molecule has 0 unspecified atom stereocenters. The van der Waals surface area contributed by atoms with Crippen molar-refractivity contribution in [1.82, 2.24) is 0 Å². The fourth-order valence-corrected chi connectivity index (χ4v) is 1.36. The number of hydrogen-bond acceptors (Lipinski definition) is 4. The molecule has 0 bridgehead atoms. The SMILES string of the molecule is Cc1ccc2oc(=O)c([N+]#N)c([O-])c2c1. The summed E-state index contributed by atoms with van der Waals surface area (Å²) in [7, 11) is 0. The Labute approximate surface area is 84.2 Å². The zero-order valence-electron chi connectivity index (χ0n) is 7.85.